The molecular formula is C13H24N2O3. The number of hydrogen-bond acceptors (Lipinski definition) is 3. The fourth-order valence-electron chi connectivity index (χ4n) is 1.92. The first-order valence-electron chi connectivity index (χ1n) is 6.70. The number of rotatable bonds is 7. The molecule has 0 aliphatic carbocycles. The van der Waals surface area contributed by atoms with Crippen LogP contribution in [0.2, 0.25) is 0 Å². The Morgan fingerprint density at radius 3 is 2.78 bits per heavy atom. The highest BCUT2D eigenvalue weighted by molar-refractivity contribution is 5.94. The van der Waals surface area contributed by atoms with E-state index in [0.717, 1.165) is 13.0 Å². The van der Waals surface area contributed by atoms with E-state index in [1.807, 2.05) is 6.92 Å². The summed E-state index contributed by atoms with van der Waals surface area (Å²) in [5.74, 6) is 0.488. The number of ether oxygens (including phenoxy) is 1. The minimum atomic E-state index is -0.345. The summed E-state index contributed by atoms with van der Waals surface area (Å²) in [6, 6.07) is -0.345. The minimum Gasteiger partial charge on any atom is -0.381 e. The van der Waals surface area contributed by atoms with Gasteiger partial charge in [-0.15, -0.1) is 0 Å². The zero-order valence-electron chi connectivity index (χ0n) is 11.6. The van der Waals surface area contributed by atoms with Crippen molar-refractivity contribution < 1.29 is 14.3 Å². The van der Waals surface area contributed by atoms with Gasteiger partial charge >= 0.3 is 0 Å². The summed E-state index contributed by atoms with van der Waals surface area (Å²) in [5.41, 5.74) is 0. The molecule has 2 amide bonds. The molecule has 0 bridgehead atoms. The molecule has 0 aromatic carbocycles. The third kappa shape index (κ3) is 4.64. The summed E-state index contributed by atoms with van der Waals surface area (Å²) in [4.78, 5) is 25.0. The molecule has 0 saturated carbocycles. The Hall–Kier alpha value is -1.10. The van der Waals surface area contributed by atoms with Crippen molar-refractivity contribution >= 4 is 11.8 Å². The zero-order valence-corrected chi connectivity index (χ0v) is 11.6. The highest BCUT2D eigenvalue weighted by Crippen LogP contribution is 2.06. The van der Waals surface area contributed by atoms with E-state index in [9.17, 15) is 9.59 Å². The van der Waals surface area contributed by atoms with Gasteiger partial charge < -0.3 is 15.0 Å². The van der Waals surface area contributed by atoms with E-state index in [2.05, 4.69) is 19.2 Å². The molecule has 18 heavy (non-hydrogen) atoms. The van der Waals surface area contributed by atoms with Crippen LogP contribution in [-0.2, 0) is 14.3 Å². The van der Waals surface area contributed by atoms with E-state index in [-0.39, 0.29) is 24.4 Å². The van der Waals surface area contributed by atoms with Crippen molar-refractivity contribution in [1.82, 2.24) is 10.2 Å². The van der Waals surface area contributed by atoms with Crippen molar-refractivity contribution in [3.63, 3.8) is 0 Å². The zero-order chi connectivity index (χ0) is 13.5. The lowest BCUT2D eigenvalue weighted by Gasteiger charge is -2.32. The van der Waals surface area contributed by atoms with Crippen molar-refractivity contribution in [1.29, 1.82) is 0 Å². The topological polar surface area (TPSA) is 58.6 Å². The average molecular weight is 256 g/mol. The van der Waals surface area contributed by atoms with Crippen LogP contribution >= 0.6 is 0 Å². The monoisotopic (exact) mass is 256 g/mol. The van der Waals surface area contributed by atoms with Crippen LogP contribution < -0.4 is 5.32 Å². The molecule has 1 rings (SSSR count). The van der Waals surface area contributed by atoms with Crippen molar-refractivity contribution in [3.05, 3.63) is 0 Å². The van der Waals surface area contributed by atoms with E-state index in [1.165, 1.54) is 0 Å². The number of hydrogen-bond donors (Lipinski definition) is 1. The van der Waals surface area contributed by atoms with Crippen LogP contribution in [0.3, 0.4) is 0 Å². The first-order valence-corrected chi connectivity index (χ1v) is 6.70. The molecule has 1 atom stereocenters. The molecule has 5 heteroatoms. The molecule has 104 valence electrons. The quantitative estimate of drug-likeness (QED) is 0.685. The molecule has 1 unspecified atom stereocenters. The van der Waals surface area contributed by atoms with Gasteiger partial charge in [0.25, 0.3) is 0 Å². The number of carbonyl (C=O) groups is 2. The van der Waals surface area contributed by atoms with Gasteiger partial charge in [-0.05, 0) is 18.8 Å². The standard InChI is InChI=1S/C13H24N2O3/c1-4-11-13(17)15(8-12(16)14-11)6-5-7-18-9-10(2)3/h10-11H,4-9H2,1-3H3,(H,14,16). The largest absolute Gasteiger partial charge is 0.381 e. The fourth-order valence-corrected chi connectivity index (χ4v) is 1.92. The maximum atomic E-state index is 11.9. The maximum Gasteiger partial charge on any atom is 0.245 e. The number of piperazine rings is 1. The van der Waals surface area contributed by atoms with Crippen LogP contribution in [0.15, 0.2) is 0 Å². The van der Waals surface area contributed by atoms with Crippen molar-refractivity contribution in [2.75, 3.05) is 26.3 Å². The van der Waals surface area contributed by atoms with Gasteiger partial charge in [-0.2, -0.15) is 0 Å². The second kappa shape index (κ2) is 7.36. The highest BCUT2D eigenvalue weighted by atomic mass is 16.5. The number of nitrogens with one attached hydrogen (secondary N) is 1. The van der Waals surface area contributed by atoms with Crippen LogP contribution in [-0.4, -0.2) is 49.1 Å². The lowest BCUT2D eigenvalue weighted by atomic mass is 10.1. The number of carbonyl (C=O) groups excluding carboxylic acids is 2. The van der Waals surface area contributed by atoms with Gasteiger partial charge in [0.05, 0.1) is 6.54 Å². The van der Waals surface area contributed by atoms with Crippen molar-refractivity contribution in [2.24, 2.45) is 5.92 Å². The van der Waals surface area contributed by atoms with Crippen LogP contribution in [0, 0.1) is 5.92 Å². The van der Waals surface area contributed by atoms with E-state index >= 15 is 0 Å². The molecule has 1 heterocycles. The van der Waals surface area contributed by atoms with Gasteiger partial charge in [0.1, 0.15) is 6.04 Å². The van der Waals surface area contributed by atoms with Crippen LogP contribution in [0.4, 0.5) is 0 Å². The van der Waals surface area contributed by atoms with Gasteiger partial charge in [-0.1, -0.05) is 20.8 Å². The van der Waals surface area contributed by atoms with Gasteiger partial charge in [-0.3, -0.25) is 9.59 Å². The smallest absolute Gasteiger partial charge is 0.245 e. The van der Waals surface area contributed by atoms with Crippen LogP contribution in [0.25, 0.3) is 0 Å². The molecule has 1 N–H and O–H groups in total. The Bertz CT molecular complexity index is 292. The molecule has 0 aromatic rings. The van der Waals surface area contributed by atoms with E-state index in [0.29, 0.717) is 25.5 Å². The lowest BCUT2D eigenvalue weighted by Crippen LogP contribution is -2.57. The maximum absolute atomic E-state index is 11.9. The second-order valence-electron chi connectivity index (χ2n) is 5.11. The third-order valence-corrected chi connectivity index (χ3v) is 2.86. The summed E-state index contributed by atoms with van der Waals surface area (Å²) >= 11 is 0. The van der Waals surface area contributed by atoms with Crippen molar-refractivity contribution in [3.8, 4) is 0 Å². The molecule has 5 nitrogen and oxygen atoms in total. The van der Waals surface area contributed by atoms with Crippen molar-refractivity contribution in [2.45, 2.75) is 39.7 Å². The van der Waals surface area contributed by atoms with Crippen LogP contribution in [0.1, 0.15) is 33.6 Å². The van der Waals surface area contributed by atoms with E-state index in [4.69, 9.17) is 4.74 Å². The first-order chi connectivity index (χ1) is 8.54. The molecule has 0 radical (unpaired) electrons. The SMILES string of the molecule is CCC1NC(=O)CN(CCCOCC(C)C)C1=O. The Labute approximate surface area is 109 Å². The first kappa shape index (κ1) is 15.0. The number of nitrogens with zero attached hydrogens (tertiary/aromatic N) is 1. The molecule has 0 spiro atoms. The Balaban J connectivity index is 2.27. The van der Waals surface area contributed by atoms with Gasteiger partial charge in [0.15, 0.2) is 0 Å². The number of amides is 2. The van der Waals surface area contributed by atoms with E-state index in [1.54, 1.807) is 4.90 Å². The molecule has 1 fully saturated rings. The average Bonchev–Trinajstić information content (AvgIpc) is 2.32. The minimum absolute atomic E-state index is 0.0287. The predicted molar refractivity (Wildman–Crippen MR) is 69.1 cm³/mol. The van der Waals surface area contributed by atoms with Gasteiger partial charge in [-0.25, -0.2) is 0 Å². The molecule has 1 aliphatic rings. The van der Waals surface area contributed by atoms with Crippen LogP contribution in [0.5, 0.6) is 0 Å². The fraction of sp³-hybridized carbons (Fsp3) is 0.846. The molecular weight excluding hydrogens is 232 g/mol. The second-order valence-corrected chi connectivity index (χ2v) is 5.11. The Morgan fingerprint density at radius 1 is 1.44 bits per heavy atom. The lowest BCUT2D eigenvalue weighted by molar-refractivity contribution is -0.144. The van der Waals surface area contributed by atoms with Gasteiger partial charge in [0.2, 0.25) is 11.8 Å². The summed E-state index contributed by atoms with van der Waals surface area (Å²) in [6.45, 7) is 8.26. The highest BCUT2D eigenvalue weighted by Gasteiger charge is 2.30. The molecule has 1 aliphatic heterocycles. The van der Waals surface area contributed by atoms with Gasteiger partial charge in [0, 0.05) is 19.8 Å². The normalized spacial score (nSPS) is 20.4. The third-order valence-electron chi connectivity index (χ3n) is 2.86. The summed E-state index contributed by atoms with van der Waals surface area (Å²) in [7, 11) is 0. The molecule has 1 saturated heterocycles. The predicted octanol–water partition coefficient (Wildman–Crippen LogP) is 0.786. The Morgan fingerprint density at radius 2 is 2.17 bits per heavy atom. The summed E-state index contributed by atoms with van der Waals surface area (Å²) in [6.07, 6.45) is 1.42. The summed E-state index contributed by atoms with van der Waals surface area (Å²) < 4.78 is 5.46. The molecule has 0 aromatic heterocycles. The summed E-state index contributed by atoms with van der Waals surface area (Å²) in [5, 5.41) is 2.70. The van der Waals surface area contributed by atoms with E-state index < -0.39 is 0 Å². The Kier molecular flexibility index (Phi) is 6.12.